The lowest BCUT2D eigenvalue weighted by Gasteiger charge is -2.29. The molecule has 0 radical (unpaired) electrons. The summed E-state index contributed by atoms with van der Waals surface area (Å²) in [6.45, 7) is 1.96. The largest absolute Gasteiger partial charge is 0.462 e. The molecule has 2 aromatic rings. The van der Waals surface area contributed by atoms with Crippen LogP contribution in [0.2, 0.25) is 0 Å². The van der Waals surface area contributed by atoms with Crippen LogP contribution < -0.4 is 5.32 Å². The molecule has 8 heteroatoms. The molecule has 30 heavy (non-hydrogen) atoms. The third-order valence-electron chi connectivity index (χ3n) is 5.12. The fourth-order valence-corrected chi connectivity index (χ4v) is 3.75. The lowest BCUT2D eigenvalue weighted by Crippen LogP contribution is -2.43. The Balaban J connectivity index is 1.55. The number of cyclic esters (lactones) is 1. The van der Waals surface area contributed by atoms with Crippen LogP contribution in [0.15, 0.2) is 48.5 Å². The van der Waals surface area contributed by atoms with E-state index in [9.17, 15) is 19.2 Å². The highest BCUT2D eigenvalue weighted by Crippen LogP contribution is 2.38. The molecule has 2 atom stereocenters. The van der Waals surface area contributed by atoms with Crippen LogP contribution in [0.5, 0.6) is 0 Å². The molecule has 1 fully saturated rings. The fourth-order valence-electron chi connectivity index (χ4n) is 3.75. The molecule has 2 aromatic carbocycles. The van der Waals surface area contributed by atoms with Gasteiger partial charge in [-0.1, -0.05) is 24.3 Å². The van der Waals surface area contributed by atoms with Crippen molar-refractivity contribution < 1.29 is 28.7 Å². The Morgan fingerprint density at radius 2 is 1.97 bits per heavy atom. The van der Waals surface area contributed by atoms with E-state index in [1.54, 1.807) is 49.4 Å². The topological polar surface area (TPSA) is 102 Å². The zero-order valence-corrected chi connectivity index (χ0v) is 16.3. The zero-order valence-electron chi connectivity index (χ0n) is 16.3. The van der Waals surface area contributed by atoms with Gasteiger partial charge in [0.05, 0.1) is 17.7 Å². The van der Waals surface area contributed by atoms with Gasteiger partial charge >= 0.3 is 11.9 Å². The van der Waals surface area contributed by atoms with Crippen LogP contribution in [-0.2, 0) is 19.1 Å². The molecule has 0 spiro atoms. The maximum Gasteiger partial charge on any atom is 0.340 e. The highest BCUT2D eigenvalue weighted by molar-refractivity contribution is 6.01. The molecule has 0 bridgehead atoms. The van der Waals surface area contributed by atoms with Gasteiger partial charge < -0.3 is 14.8 Å². The van der Waals surface area contributed by atoms with E-state index >= 15 is 0 Å². The predicted molar refractivity (Wildman–Crippen MR) is 105 cm³/mol. The molecule has 2 aliphatic rings. The average molecular weight is 408 g/mol. The molecule has 2 aliphatic heterocycles. The monoisotopic (exact) mass is 408 g/mol. The van der Waals surface area contributed by atoms with Crippen molar-refractivity contribution in [1.82, 2.24) is 4.90 Å². The Morgan fingerprint density at radius 1 is 1.17 bits per heavy atom. The second-order valence-corrected chi connectivity index (χ2v) is 6.99. The number of carbonyl (C=O) groups is 4. The summed E-state index contributed by atoms with van der Waals surface area (Å²) in [5, 5.41) is 2.75. The van der Waals surface area contributed by atoms with Crippen molar-refractivity contribution in [3.63, 3.8) is 0 Å². The molecule has 154 valence electrons. The molecule has 0 aliphatic carbocycles. The van der Waals surface area contributed by atoms with E-state index in [0.717, 1.165) is 0 Å². The molecule has 8 nitrogen and oxygen atoms in total. The number of esters is 2. The molecular weight excluding hydrogens is 388 g/mol. The Morgan fingerprint density at radius 3 is 2.77 bits per heavy atom. The van der Waals surface area contributed by atoms with Crippen LogP contribution in [0.4, 0.5) is 5.69 Å². The first-order valence-corrected chi connectivity index (χ1v) is 9.68. The van der Waals surface area contributed by atoms with Crippen molar-refractivity contribution in [3.8, 4) is 0 Å². The van der Waals surface area contributed by atoms with E-state index in [0.29, 0.717) is 28.8 Å². The molecule has 0 unspecified atom stereocenters. The zero-order chi connectivity index (χ0) is 21.3. The number of hydrogen-bond acceptors (Lipinski definition) is 6. The minimum absolute atomic E-state index is 0.178. The highest BCUT2D eigenvalue weighted by Gasteiger charge is 2.46. The van der Waals surface area contributed by atoms with Gasteiger partial charge in [-0.3, -0.25) is 14.5 Å². The maximum absolute atomic E-state index is 13.0. The van der Waals surface area contributed by atoms with Gasteiger partial charge in [0, 0.05) is 17.7 Å². The number of anilines is 1. The quantitative estimate of drug-likeness (QED) is 0.763. The second kappa shape index (κ2) is 7.98. The van der Waals surface area contributed by atoms with Gasteiger partial charge in [0.25, 0.3) is 0 Å². The molecular formula is C22H20N2O6. The van der Waals surface area contributed by atoms with Gasteiger partial charge in [-0.2, -0.15) is 0 Å². The van der Waals surface area contributed by atoms with Crippen LogP contribution in [0, 0.1) is 0 Å². The van der Waals surface area contributed by atoms with Gasteiger partial charge in [0.2, 0.25) is 18.0 Å². The summed E-state index contributed by atoms with van der Waals surface area (Å²) in [7, 11) is 0. The summed E-state index contributed by atoms with van der Waals surface area (Å²) in [4.78, 5) is 50.9. The molecule has 0 aromatic heterocycles. The standard InChI is InChI=1S/C22H20N2O6/c1-2-29-21(27)13-6-5-7-14(12-13)23-19(26)17-10-11-18(25)24(17)20-15-8-3-4-9-16(15)22(28)30-20/h3-9,12,17,20H,2,10-11H2,1H3,(H,23,26)/t17-,20-/m1/s1. The van der Waals surface area contributed by atoms with Crippen molar-refractivity contribution in [1.29, 1.82) is 0 Å². The summed E-state index contributed by atoms with van der Waals surface area (Å²) >= 11 is 0. The van der Waals surface area contributed by atoms with Crippen molar-refractivity contribution in [2.24, 2.45) is 0 Å². The molecule has 2 heterocycles. The Hall–Kier alpha value is -3.68. The number of nitrogens with one attached hydrogen (secondary N) is 1. The van der Waals surface area contributed by atoms with Crippen molar-refractivity contribution >= 4 is 29.4 Å². The minimum atomic E-state index is -0.926. The summed E-state index contributed by atoms with van der Waals surface area (Å²) in [6, 6.07) is 12.4. The molecule has 1 saturated heterocycles. The molecule has 0 saturated carbocycles. The van der Waals surface area contributed by atoms with Crippen LogP contribution in [0.25, 0.3) is 0 Å². The normalized spacial score (nSPS) is 20.0. The lowest BCUT2D eigenvalue weighted by atomic mass is 10.1. The predicted octanol–water partition coefficient (Wildman–Crippen LogP) is 2.66. The number of benzene rings is 2. The number of carbonyl (C=O) groups excluding carboxylic acids is 4. The number of ether oxygens (including phenoxy) is 2. The number of likely N-dealkylation sites (tertiary alicyclic amines) is 1. The highest BCUT2D eigenvalue weighted by atomic mass is 16.6. The van der Waals surface area contributed by atoms with Crippen molar-refractivity contribution in [2.75, 3.05) is 11.9 Å². The summed E-state index contributed by atoms with van der Waals surface area (Å²) < 4.78 is 10.4. The van der Waals surface area contributed by atoms with Crippen LogP contribution in [0.1, 0.15) is 52.3 Å². The van der Waals surface area contributed by atoms with E-state index in [1.165, 1.54) is 11.0 Å². The number of nitrogens with zero attached hydrogens (tertiary/aromatic N) is 1. The average Bonchev–Trinajstić information content (AvgIpc) is 3.28. The van der Waals surface area contributed by atoms with Gasteiger partial charge in [0.15, 0.2) is 0 Å². The van der Waals surface area contributed by atoms with Crippen LogP contribution in [-0.4, -0.2) is 41.3 Å². The smallest absolute Gasteiger partial charge is 0.340 e. The SMILES string of the molecule is CCOC(=O)c1cccc(NC(=O)[C@H]2CCC(=O)N2[C@@H]2OC(=O)c3ccccc32)c1. The third kappa shape index (κ3) is 3.52. The summed E-state index contributed by atoms with van der Waals surface area (Å²) in [6.07, 6.45) is -0.444. The van der Waals surface area contributed by atoms with Crippen molar-refractivity contribution in [2.45, 2.75) is 32.0 Å². The van der Waals surface area contributed by atoms with E-state index < -0.39 is 30.1 Å². The third-order valence-corrected chi connectivity index (χ3v) is 5.12. The first kappa shape index (κ1) is 19.6. The first-order chi connectivity index (χ1) is 14.5. The van der Waals surface area contributed by atoms with E-state index in [2.05, 4.69) is 5.32 Å². The number of hydrogen-bond donors (Lipinski definition) is 1. The summed E-state index contributed by atoms with van der Waals surface area (Å²) in [5.41, 5.74) is 1.68. The number of amides is 2. The fraction of sp³-hybridized carbons (Fsp3) is 0.273. The minimum Gasteiger partial charge on any atom is -0.462 e. The number of fused-ring (bicyclic) bond motifs is 1. The summed E-state index contributed by atoms with van der Waals surface area (Å²) in [5.74, 6) is -1.68. The number of rotatable bonds is 5. The van der Waals surface area contributed by atoms with Gasteiger partial charge in [-0.25, -0.2) is 9.59 Å². The van der Waals surface area contributed by atoms with Crippen LogP contribution in [0.3, 0.4) is 0 Å². The molecule has 1 N–H and O–H groups in total. The van der Waals surface area contributed by atoms with Crippen molar-refractivity contribution in [3.05, 3.63) is 65.2 Å². The van der Waals surface area contributed by atoms with E-state index in [4.69, 9.17) is 9.47 Å². The van der Waals surface area contributed by atoms with Gasteiger partial charge in [-0.15, -0.1) is 0 Å². The lowest BCUT2D eigenvalue weighted by molar-refractivity contribution is -0.144. The second-order valence-electron chi connectivity index (χ2n) is 6.99. The van der Waals surface area contributed by atoms with E-state index in [1.807, 2.05) is 0 Å². The Labute approximate surface area is 172 Å². The Bertz CT molecular complexity index is 1030. The first-order valence-electron chi connectivity index (χ1n) is 9.68. The maximum atomic E-state index is 13.0. The molecule has 2 amide bonds. The van der Waals surface area contributed by atoms with Gasteiger partial charge in [0.1, 0.15) is 6.04 Å². The van der Waals surface area contributed by atoms with Gasteiger partial charge in [-0.05, 0) is 37.6 Å². The van der Waals surface area contributed by atoms with E-state index in [-0.39, 0.29) is 18.9 Å². The Kier molecular flexibility index (Phi) is 5.22. The van der Waals surface area contributed by atoms with Crippen LogP contribution >= 0.6 is 0 Å². The molecule has 4 rings (SSSR count).